The van der Waals surface area contributed by atoms with Crippen molar-refractivity contribution in [3.63, 3.8) is 0 Å². The van der Waals surface area contributed by atoms with Gasteiger partial charge < -0.3 is 10.2 Å². The van der Waals surface area contributed by atoms with E-state index in [0.717, 1.165) is 25.0 Å². The van der Waals surface area contributed by atoms with Crippen LogP contribution in [0.4, 0.5) is 13.2 Å². The molecule has 29 heavy (non-hydrogen) atoms. The smallest absolute Gasteiger partial charge is 0.349 e. The first kappa shape index (κ1) is 19.4. The lowest BCUT2D eigenvalue weighted by atomic mass is 9.95. The third-order valence-electron chi connectivity index (χ3n) is 5.70. The number of amides is 2. The molecule has 0 saturated carbocycles. The van der Waals surface area contributed by atoms with Crippen molar-refractivity contribution in [3.05, 3.63) is 65.5 Å². The molecular weight excluding hydrogens is 383 g/mol. The minimum Gasteiger partial charge on any atom is -0.349 e. The average molecular weight is 403 g/mol. The Morgan fingerprint density at radius 2 is 1.52 bits per heavy atom. The lowest BCUT2D eigenvalue weighted by Gasteiger charge is -2.39. The molecule has 0 spiro atoms. The average Bonchev–Trinajstić information content (AvgIpc) is 2.98. The highest BCUT2D eigenvalue weighted by Crippen LogP contribution is 2.37. The van der Waals surface area contributed by atoms with E-state index in [-0.39, 0.29) is 35.5 Å². The second kappa shape index (κ2) is 7.50. The summed E-state index contributed by atoms with van der Waals surface area (Å²) < 4.78 is 38.2. The summed E-state index contributed by atoms with van der Waals surface area (Å²) in [5.74, 6) is -0.413. The van der Waals surface area contributed by atoms with Crippen molar-refractivity contribution in [3.8, 4) is 0 Å². The summed E-state index contributed by atoms with van der Waals surface area (Å²) >= 11 is 0. The molecule has 1 N–H and O–H groups in total. The normalized spacial score (nSPS) is 23.7. The second-order valence-electron chi connectivity index (χ2n) is 7.55. The largest absolute Gasteiger partial charge is 0.416 e. The number of rotatable bonds is 3. The number of pyridine rings is 1. The minimum atomic E-state index is -4.42. The Hall–Kier alpha value is -2.90. The van der Waals surface area contributed by atoms with Gasteiger partial charge in [0.05, 0.1) is 5.56 Å². The van der Waals surface area contributed by atoms with Crippen molar-refractivity contribution in [2.24, 2.45) is 0 Å². The molecule has 0 radical (unpaired) electrons. The van der Waals surface area contributed by atoms with Gasteiger partial charge in [0.1, 0.15) is 0 Å². The number of nitrogens with one attached hydrogen (secondary N) is 1. The van der Waals surface area contributed by atoms with E-state index in [1.165, 1.54) is 12.1 Å². The van der Waals surface area contributed by atoms with E-state index in [9.17, 15) is 22.8 Å². The molecule has 2 aliphatic rings. The van der Waals surface area contributed by atoms with Crippen LogP contribution in [-0.2, 0) is 6.18 Å². The number of carbonyl (C=O) groups is 2. The molecule has 152 valence electrons. The van der Waals surface area contributed by atoms with Crippen LogP contribution in [-0.4, -0.2) is 39.8 Å². The Balaban J connectivity index is 1.43. The fourth-order valence-corrected chi connectivity index (χ4v) is 4.35. The zero-order valence-electron chi connectivity index (χ0n) is 15.5. The molecule has 2 aromatic rings. The van der Waals surface area contributed by atoms with Gasteiger partial charge in [0.15, 0.2) is 0 Å². The number of hydrogen-bond acceptors (Lipinski definition) is 3. The molecule has 2 fully saturated rings. The van der Waals surface area contributed by atoms with E-state index < -0.39 is 11.7 Å². The Morgan fingerprint density at radius 3 is 2.07 bits per heavy atom. The summed E-state index contributed by atoms with van der Waals surface area (Å²) in [5.41, 5.74) is 0.0272. The SMILES string of the molecule is O=C(NC1C[C@H]2CC[C@@H](C1)N2C(=O)c1ccc(C(F)(F)F)cc1)c1ccncc1. The summed E-state index contributed by atoms with van der Waals surface area (Å²) in [7, 11) is 0. The van der Waals surface area contributed by atoms with Gasteiger partial charge in [-0.05, 0) is 62.1 Å². The summed E-state index contributed by atoms with van der Waals surface area (Å²) in [5, 5.41) is 3.03. The Labute approximate surface area is 165 Å². The van der Waals surface area contributed by atoms with Gasteiger partial charge in [0.25, 0.3) is 11.8 Å². The molecular formula is C21H20F3N3O2. The summed E-state index contributed by atoms with van der Waals surface area (Å²) in [6, 6.07) is 7.57. The zero-order valence-corrected chi connectivity index (χ0v) is 15.5. The lowest BCUT2D eigenvalue weighted by molar-refractivity contribution is -0.137. The highest BCUT2D eigenvalue weighted by Gasteiger charge is 2.44. The Bertz CT molecular complexity index is 886. The highest BCUT2D eigenvalue weighted by atomic mass is 19.4. The Kier molecular flexibility index (Phi) is 5.02. The number of alkyl halides is 3. The summed E-state index contributed by atoms with van der Waals surface area (Å²) in [6.07, 6.45) is 1.64. The quantitative estimate of drug-likeness (QED) is 0.851. The van der Waals surface area contributed by atoms with Crippen molar-refractivity contribution < 1.29 is 22.8 Å². The first-order valence-corrected chi connectivity index (χ1v) is 9.54. The number of halogens is 3. The first-order valence-electron chi connectivity index (χ1n) is 9.54. The zero-order chi connectivity index (χ0) is 20.6. The van der Waals surface area contributed by atoms with E-state index in [2.05, 4.69) is 10.3 Å². The fraction of sp³-hybridized carbons (Fsp3) is 0.381. The van der Waals surface area contributed by atoms with Crippen LogP contribution < -0.4 is 5.32 Å². The summed E-state index contributed by atoms with van der Waals surface area (Å²) in [6.45, 7) is 0. The molecule has 2 saturated heterocycles. The number of nitrogens with zero attached hydrogens (tertiary/aromatic N) is 2. The van der Waals surface area contributed by atoms with Gasteiger partial charge >= 0.3 is 6.18 Å². The van der Waals surface area contributed by atoms with E-state index in [1.54, 1.807) is 29.4 Å². The minimum absolute atomic E-state index is 0.0220. The molecule has 4 rings (SSSR count). The number of benzene rings is 1. The monoisotopic (exact) mass is 403 g/mol. The summed E-state index contributed by atoms with van der Waals surface area (Å²) in [4.78, 5) is 31.0. The maximum Gasteiger partial charge on any atom is 0.416 e. The van der Waals surface area contributed by atoms with E-state index in [4.69, 9.17) is 0 Å². The number of piperidine rings is 1. The lowest BCUT2D eigenvalue weighted by Crippen LogP contribution is -2.52. The Morgan fingerprint density at radius 1 is 0.931 bits per heavy atom. The predicted octanol–water partition coefficient (Wildman–Crippen LogP) is 3.67. The van der Waals surface area contributed by atoms with Crippen LogP contribution in [0.2, 0.25) is 0 Å². The molecule has 1 unspecified atom stereocenters. The predicted molar refractivity (Wildman–Crippen MR) is 99.1 cm³/mol. The molecule has 2 amide bonds. The number of carbonyl (C=O) groups excluding carboxylic acids is 2. The standard InChI is InChI=1S/C21H20F3N3O2/c22-21(23,24)15-3-1-14(2-4-15)20(29)27-17-5-6-18(27)12-16(11-17)26-19(28)13-7-9-25-10-8-13/h1-4,7-10,16-18H,5-6,11-12H2,(H,26,28)/t16?,17-,18+. The van der Waals surface area contributed by atoms with Gasteiger partial charge in [-0.25, -0.2) is 0 Å². The molecule has 1 aromatic carbocycles. The second-order valence-corrected chi connectivity index (χ2v) is 7.55. The first-order chi connectivity index (χ1) is 13.8. The maximum absolute atomic E-state index is 12.9. The van der Waals surface area contributed by atoms with Crippen LogP contribution in [0, 0.1) is 0 Å². The van der Waals surface area contributed by atoms with Gasteiger partial charge in [0, 0.05) is 41.6 Å². The third-order valence-corrected chi connectivity index (χ3v) is 5.70. The van der Waals surface area contributed by atoms with E-state index in [0.29, 0.717) is 18.4 Å². The van der Waals surface area contributed by atoms with Crippen LogP contribution in [0.1, 0.15) is 52.0 Å². The third kappa shape index (κ3) is 3.97. The van der Waals surface area contributed by atoms with E-state index in [1.807, 2.05) is 0 Å². The molecule has 5 nitrogen and oxygen atoms in total. The molecule has 0 aliphatic carbocycles. The van der Waals surface area contributed by atoms with Crippen LogP contribution in [0.25, 0.3) is 0 Å². The topological polar surface area (TPSA) is 62.3 Å². The van der Waals surface area contributed by atoms with Crippen molar-refractivity contribution in [2.75, 3.05) is 0 Å². The molecule has 3 heterocycles. The van der Waals surface area contributed by atoms with Crippen LogP contribution >= 0.6 is 0 Å². The van der Waals surface area contributed by atoms with Crippen molar-refractivity contribution in [1.29, 1.82) is 0 Å². The maximum atomic E-state index is 12.9. The van der Waals surface area contributed by atoms with Gasteiger partial charge in [-0.2, -0.15) is 13.2 Å². The van der Waals surface area contributed by atoms with Gasteiger partial charge in [-0.15, -0.1) is 0 Å². The van der Waals surface area contributed by atoms with Gasteiger partial charge in [-0.1, -0.05) is 0 Å². The van der Waals surface area contributed by atoms with Crippen molar-refractivity contribution >= 4 is 11.8 Å². The molecule has 3 atom stereocenters. The van der Waals surface area contributed by atoms with Crippen LogP contribution in [0.5, 0.6) is 0 Å². The van der Waals surface area contributed by atoms with E-state index >= 15 is 0 Å². The van der Waals surface area contributed by atoms with Crippen molar-refractivity contribution in [1.82, 2.24) is 15.2 Å². The molecule has 1 aromatic heterocycles. The highest BCUT2D eigenvalue weighted by molar-refractivity contribution is 5.95. The molecule has 2 bridgehead atoms. The van der Waals surface area contributed by atoms with Crippen molar-refractivity contribution in [2.45, 2.75) is 50.0 Å². The molecule has 8 heteroatoms. The fourth-order valence-electron chi connectivity index (χ4n) is 4.35. The number of aromatic nitrogens is 1. The van der Waals surface area contributed by atoms with Crippen LogP contribution in [0.3, 0.4) is 0 Å². The molecule has 2 aliphatic heterocycles. The number of fused-ring (bicyclic) bond motifs is 2. The van der Waals surface area contributed by atoms with Gasteiger partial charge in [-0.3, -0.25) is 14.6 Å². The van der Waals surface area contributed by atoms with Crippen LogP contribution in [0.15, 0.2) is 48.8 Å². The van der Waals surface area contributed by atoms with Gasteiger partial charge in [0.2, 0.25) is 0 Å². The number of hydrogen-bond donors (Lipinski definition) is 1.